The topological polar surface area (TPSA) is 55.1 Å². The molecule has 0 saturated heterocycles. The molecule has 104 valence electrons. The molecule has 0 radical (unpaired) electrons. The van der Waals surface area contributed by atoms with Crippen LogP contribution >= 0.6 is 11.6 Å². The smallest absolute Gasteiger partial charge is 0.228 e. The third kappa shape index (κ3) is 3.52. The van der Waals surface area contributed by atoms with E-state index in [0.717, 1.165) is 16.7 Å². The molecule has 2 aromatic rings. The Labute approximate surface area is 123 Å². The lowest BCUT2D eigenvalue weighted by molar-refractivity contribution is -0.115. The number of hydrogen-bond donors (Lipinski definition) is 2. The van der Waals surface area contributed by atoms with Gasteiger partial charge in [0, 0.05) is 5.02 Å². The fraction of sp³-hybridized carbons (Fsp3) is 0.188. The first-order chi connectivity index (χ1) is 9.45. The zero-order valence-electron chi connectivity index (χ0n) is 11.5. The van der Waals surface area contributed by atoms with Gasteiger partial charge >= 0.3 is 0 Å². The first-order valence-corrected chi connectivity index (χ1v) is 6.74. The Morgan fingerprint density at radius 2 is 1.85 bits per heavy atom. The molecular formula is C16H17ClN2O. The highest BCUT2D eigenvalue weighted by molar-refractivity contribution is 6.30. The summed E-state index contributed by atoms with van der Waals surface area (Å²) in [6.07, 6.45) is 0.296. The lowest BCUT2D eigenvalue weighted by atomic mass is 10.1. The van der Waals surface area contributed by atoms with Crippen molar-refractivity contribution in [2.24, 2.45) is 0 Å². The fourth-order valence-electron chi connectivity index (χ4n) is 2.14. The number of benzene rings is 2. The first kappa shape index (κ1) is 14.4. The second kappa shape index (κ2) is 5.97. The Morgan fingerprint density at radius 1 is 1.20 bits per heavy atom. The zero-order chi connectivity index (χ0) is 14.7. The van der Waals surface area contributed by atoms with E-state index in [1.165, 1.54) is 0 Å². The second-order valence-corrected chi connectivity index (χ2v) is 5.33. The molecule has 3 N–H and O–H groups in total. The molecule has 0 bridgehead atoms. The predicted molar refractivity (Wildman–Crippen MR) is 84.1 cm³/mol. The summed E-state index contributed by atoms with van der Waals surface area (Å²) >= 11 is 5.82. The molecule has 0 aliphatic carbocycles. The van der Waals surface area contributed by atoms with Gasteiger partial charge in [0.05, 0.1) is 17.8 Å². The Balaban J connectivity index is 2.10. The molecule has 4 heteroatoms. The number of hydrogen-bond acceptors (Lipinski definition) is 2. The molecular weight excluding hydrogens is 272 g/mol. The second-order valence-electron chi connectivity index (χ2n) is 4.90. The minimum Gasteiger partial charge on any atom is -0.397 e. The van der Waals surface area contributed by atoms with Gasteiger partial charge in [0.25, 0.3) is 0 Å². The maximum atomic E-state index is 12.1. The summed E-state index contributed by atoms with van der Waals surface area (Å²) in [6, 6.07) is 11.1. The zero-order valence-corrected chi connectivity index (χ0v) is 12.3. The van der Waals surface area contributed by atoms with E-state index in [4.69, 9.17) is 17.3 Å². The van der Waals surface area contributed by atoms with E-state index in [-0.39, 0.29) is 5.91 Å². The normalized spacial score (nSPS) is 10.3. The fourth-order valence-corrected chi connectivity index (χ4v) is 2.27. The van der Waals surface area contributed by atoms with Gasteiger partial charge < -0.3 is 11.1 Å². The SMILES string of the molecule is Cc1cc(C)c(NC(=O)Cc2ccc(Cl)cc2)c(N)c1. The van der Waals surface area contributed by atoms with Crippen molar-refractivity contribution in [3.8, 4) is 0 Å². The number of amides is 1. The number of nitrogens with one attached hydrogen (secondary N) is 1. The van der Waals surface area contributed by atoms with Crippen LogP contribution in [-0.4, -0.2) is 5.91 Å². The van der Waals surface area contributed by atoms with Crippen LogP contribution in [0.25, 0.3) is 0 Å². The van der Waals surface area contributed by atoms with Gasteiger partial charge in [-0.05, 0) is 48.7 Å². The van der Waals surface area contributed by atoms with Gasteiger partial charge in [-0.1, -0.05) is 29.8 Å². The van der Waals surface area contributed by atoms with Crippen LogP contribution in [-0.2, 0) is 11.2 Å². The number of carbonyl (C=O) groups excluding carboxylic acids is 1. The molecule has 0 atom stereocenters. The Kier molecular flexibility index (Phi) is 4.30. The van der Waals surface area contributed by atoms with Crippen molar-refractivity contribution in [3.05, 3.63) is 58.1 Å². The molecule has 0 fully saturated rings. The van der Waals surface area contributed by atoms with Gasteiger partial charge in [0.1, 0.15) is 0 Å². The summed E-state index contributed by atoms with van der Waals surface area (Å²) in [5.74, 6) is -0.0917. The van der Waals surface area contributed by atoms with E-state index < -0.39 is 0 Å². The van der Waals surface area contributed by atoms with E-state index >= 15 is 0 Å². The number of carbonyl (C=O) groups is 1. The average molecular weight is 289 g/mol. The number of aryl methyl sites for hydroxylation is 2. The molecule has 1 amide bonds. The van der Waals surface area contributed by atoms with Crippen LogP contribution in [0.2, 0.25) is 5.02 Å². The molecule has 0 heterocycles. The van der Waals surface area contributed by atoms with E-state index in [2.05, 4.69) is 5.32 Å². The Hall–Kier alpha value is -2.00. The van der Waals surface area contributed by atoms with E-state index in [1.807, 2.05) is 38.1 Å². The van der Waals surface area contributed by atoms with Crippen LogP contribution < -0.4 is 11.1 Å². The summed E-state index contributed by atoms with van der Waals surface area (Å²) in [5.41, 5.74) is 10.2. The van der Waals surface area contributed by atoms with Crippen LogP contribution in [0.4, 0.5) is 11.4 Å². The lowest BCUT2D eigenvalue weighted by Gasteiger charge is -2.12. The van der Waals surface area contributed by atoms with Crippen LogP contribution in [0.5, 0.6) is 0 Å². The highest BCUT2D eigenvalue weighted by atomic mass is 35.5. The van der Waals surface area contributed by atoms with Gasteiger partial charge in [0.2, 0.25) is 5.91 Å². The number of rotatable bonds is 3. The summed E-state index contributed by atoms with van der Waals surface area (Å²) in [5, 5.41) is 3.53. The average Bonchev–Trinajstić information content (AvgIpc) is 2.36. The molecule has 2 aromatic carbocycles. The van der Waals surface area contributed by atoms with Crippen molar-refractivity contribution in [3.63, 3.8) is 0 Å². The lowest BCUT2D eigenvalue weighted by Crippen LogP contribution is -2.16. The number of halogens is 1. The molecule has 2 rings (SSSR count). The Bertz CT molecular complexity index is 612. The van der Waals surface area contributed by atoms with Crippen LogP contribution in [0.1, 0.15) is 16.7 Å². The molecule has 0 unspecified atom stereocenters. The highest BCUT2D eigenvalue weighted by Crippen LogP contribution is 2.25. The Morgan fingerprint density at radius 3 is 2.45 bits per heavy atom. The minimum atomic E-state index is -0.0917. The van der Waals surface area contributed by atoms with E-state index in [0.29, 0.717) is 22.8 Å². The standard InChI is InChI=1S/C16H17ClN2O/c1-10-7-11(2)16(14(18)8-10)19-15(20)9-12-3-5-13(17)6-4-12/h3-8H,9,18H2,1-2H3,(H,19,20). The van der Waals surface area contributed by atoms with Gasteiger partial charge in [-0.25, -0.2) is 0 Å². The number of nitrogen functional groups attached to an aromatic ring is 1. The third-order valence-corrected chi connectivity index (χ3v) is 3.30. The van der Waals surface area contributed by atoms with Crippen LogP contribution in [0.3, 0.4) is 0 Å². The third-order valence-electron chi connectivity index (χ3n) is 3.05. The maximum Gasteiger partial charge on any atom is 0.228 e. The monoisotopic (exact) mass is 288 g/mol. The van der Waals surface area contributed by atoms with Crippen molar-refractivity contribution in [2.45, 2.75) is 20.3 Å². The maximum absolute atomic E-state index is 12.1. The van der Waals surface area contributed by atoms with Crippen molar-refractivity contribution in [1.29, 1.82) is 0 Å². The predicted octanol–water partition coefficient (Wildman–Crippen LogP) is 3.72. The summed E-state index contributed by atoms with van der Waals surface area (Å²) in [6.45, 7) is 3.91. The minimum absolute atomic E-state index is 0.0917. The molecule has 0 aromatic heterocycles. The summed E-state index contributed by atoms with van der Waals surface area (Å²) in [7, 11) is 0. The van der Waals surface area contributed by atoms with Gasteiger partial charge in [-0.3, -0.25) is 4.79 Å². The van der Waals surface area contributed by atoms with Crippen molar-refractivity contribution < 1.29 is 4.79 Å². The van der Waals surface area contributed by atoms with E-state index in [1.54, 1.807) is 12.1 Å². The van der Waals surface area contributed by atoms with Gasteiger partial charge in [0.15, 0.2) is 0 Å². The number of nitrogens with two attached hydrogens (primary N) is 1. The van der Waals surface area contributed by atoms with Crippen molar-refractivity contribution in [1.82, 2.24) is 0 Å². The van der Waals surface area contributed by atoms with E-state index in [9.17, 15) is 4.79 Å². The van der Waals surface area contributed by atoms with Crippen LogP contribution in [0.15, 0.2) is 36.4 Å². The quantitative estimate of drug-likeness (QED) is 0.846. The largest absolute Gasteiger partial charge is 0.397 e. The van der Waals surface area contributed by atoms with Gasteiger partial charge in [-0.15, -0.1) is 0 Å². The summed E-state index contributed by atoms with van der Waals surface area (Å²) in [4.78, 5) is 12.1. The molecule has 20 heavy (non-hydrogen) atoms. The molecule has 0 spiro atoms. The van der Waals surface area contributed by atoms with Crippen molar-refractivity contribution >= 4 is 28.9 Å². The first-order valence-electron chi connectivity index (χ1n) is 6.36. The molecule has 0 aliphatic heterocycles. The highest BCUT2D eigenvalue weighted by Gasteiger charge is 2.09. The van der Waals surface area contributed by atoms with Crippen LogP contribution in [0, 0.1) is 13.8 Å². The molecule has 0 saturated carbocycles. The molecule has 0 aliphatic rings. The van der Waals surface area contributed by atoms with Gasteiger partial charge in [-0.2, -0.15) is 0 Å². The molecule has 3 nitrogen and oxygen atoms in total. The number of anilines is 2. The summed E-state index contributed by atoms with van der Waals surface area (Å²) < 4.78 is 0. The van der Waals surface area contributed by atoms with Crippen molar-refractivity contribution in [2.75, 3.05) is 11.1 Å².